The number of hydrogen-bond acceptors (Lipinski definition) is 3. The molecule has 1 aliphatic heterocycles. The van der Waals surface area contributed by atoms with E-state index < -0.39 is 0 Å². The van der Waals surface area contributed by atoms with Gasteiger partial charge in [-0.25, -0.2) is 0 Å². The molecule has 0 aromatic carbocycles. The Hall–Kier alpha value is -0.880. The summed E-state index contributed by atoms with van der Waals surface area (Å²) < 4.78 is 2.60. The minimum Gasteiger partial charge on any atom is -0.338 e. The lowest BCUT2D eigenvalue weighted by Gasteiger charge is -2.33. The standard InChI is InChI=1S/C11H17BrN4O/c1-9(16-8-10(12)7-13-16)11(17)15-5-3-14(2)4-6-15/h7-9H,3-6H2,1-2H3/t9-/m1/s1. The lowest BCUT2D eigenvalue weighted by Crippen LogP contribution is -2.49. The van der Waals surface area contributed by atoms with Crippen LogP contribution in [0.4, 0.5) is 0 Å². The van der Waals surface area contributed by atoms with Gasteiger partial charge in [-0.2, -0.15) is 5.10 Å². The first-order chi connectivity index (χ1) is 8.08. The molecule has 2 heterocycles. The molecule has 0 unspecified atom stereocenters. The van der Waals surface area contributed by atoms with Crippen LogP contribution in [0.5, 0.6) is 0 Å². The highest BCUT2D eigenvalue weighted by Crippen LogP contribution is 2.14. The molecule has 1 aromatic heterocycles. The molecular weight excluding hydrogens is 284 g/mol. The van der Waals surface area contributed by atoms with Crippen molar-refractivity contribution < 1.29 is 4.79 Å². The molecule has 5 nitrogen and oxygen atoms in total. The summed E-state index contributed by atoms with van der Waals surface area (Å²) in [7, 11) is 2.08. The van der Waals surface area contributed by atoms with Gasteiger partial charge in [0.25, 0.3) is 0 Å². The Balaban J connectivity index is 2.00. The summed E-state index contributed by atoms with van der Waals surface area (Å²) in [4.78, 5) is 16.4. The van der Waals surface area contributed by atoms with Crippen LogP contribution in [0, 0.1) is 0 Å². The first-order valence-corrected chi connectivity index (χ1v) is 6.54. The summed E-state index contributed by atoms with van der Waals surface area (Å²) in [5, 5.41) is 4.16. The monoisotopic (exact) mass is 300 g/mol. The summed E-state index contributed by atoms with van der Waals surface area (Å²) in [6.45, 7) is 5.40. The van der Waals surface area contributed by atoms with Gasteiger partial charge < -0.3 is 9.80 Å². The molecule has 0 bridgehead atoms. The fraction of sp³-hybridized carbons (Fsp3) is 0.636. The molecule has 0 saturated carbocycles. The fourth-order valence-corrected chi connectivity index (χ4v) is 2.23. The number of piperazine rings is 1. The van der Waals surface area contributed by atoms with Crippen LogP contribution in [0.1, 0.15) is 13.0 Å². The van der Waals surface area contributed by atoms with Crippen LogP contribution in [0.25, 0.3) is 0 Å². The average molecular weight is 301 g/mol. The Morgan fingerprint density at radius 3 is 2.59 bits per heavy atom. The van der Waals surface area contributed by atoms with Gasteiger partial charge in [0.05, 0.1) is 10.7 Å². The molecule has 17 heavy (non-hydrogen) atoms. The molecule has 1 aromatic rings. The summed E-state index contributed by atoms with van der Waals surface area (Å²) >= 11 is 3.34. The molecule has 1 saturated heterocycles. The van der Waals surface area contributed by atoms with Crippen molar-refractivity contribution in [3.63, 3.8) is 0 Å². The molecule has 1 amide bonds. The SMILES string of the molecule is C[C@H](C(=O)N1CCN(C)CC1)n1cc(Br)cn1. The molecule has 94 valence electrons. The van der Waals surface area contributed by atoms with Crippen molar-refractivity contribution in [2.45, 2.75) is 13.0 Å². The highest BCUT2D eigenvalue weighted by atomic mass is 79.9. The average Bonchev–Trinajstić information content (AvgIpc) is 2.75. The van der Waals surface area contributed by atoms with E-state index in [1.54, 1.807) is 10.9 Å². The van der Waals surface area contributed by atoms with E-state index in [1.807, 2.05) is 18.0 Å². The third-order valence-corrected chi connectivity index (χ3v) is 3.55. The molecule has 0 aliphatic carbocycles. The van der Waals surface area contributed by atoms with Crippen molar-refractivity contribution >= 4 is 21.8 Å². The van der Waals surface area contributed by atoms with Gasteiger partial charge in [0.2, 0.25) is 5.91 Å². The van der Waals surface area contributed by atoms with Gasteiger partial charge in [-0.15, -0.1) is 0 Å². The minimum atomic E-state index is -0.232. The van der Waals surface area contributed by atoms with Crippen LogP contribution >= 0.6 is 15.9 Å². The number of rotatable bonds is 2. The number of nitrogens with zero attached hydrogens (tertiary/aromatic N) is 4. The van der Waals surface area contributed by atoms with Crippen molar-refractivity contribution in [1.29, 1.82) is 0 Å². The van der Waals surface area contributed by atoms with Crippen LogP contribution in [0.2, 0.25) is 0 Å². The number of hydrogen-bond donors (Lipinski definition) is 0. The third kappa shape index (κ3) is 2.87. The zero-order valence-electron chi connectivity index (χ0n) is 10.1. The molecule has 1 fully saturated rings. The lowest BCUT2D eigenvalue weighted by molar-refractivity contribution is -0.136. The van der Waals surface area contributed by atoms with E-state index in [2.05, 4.69) is 33.0 Å². The molecular formula is C11H17BrN4O. The minimum absolute atomic E-state index is 0.147. The molecule has 1 atom stereocenters. The summed E-state index contributed by atoms with van der Waals surface area (Å²) in [5.41, 5.74) is 0. The van der Waals surface area contributed by atoms with Crippen LogP contribution in [-0.2, 0) is 4.79 Å². The maximum Gasteiger partial charge on any atom is 0.247 e. The number of halogens is 1. The highest BCUT2D eigenvalue weighted by Gasteiger charge is 2.24. The predicted octanol–water partition coefficient (Wildman–Crippen LogP) is 0.981. The van der Waals surface area contributed by atoms with Gasteiger partial charge >= 0.3 is 0 Å². The Morgan fingerprint density at radius 1 is 1.41 bits per heavy atom. The fourth-order valence-electron chi connectivity index (χ4n) is 1.93. The highest BCUT2D eigenvalue weighted by molar-refractivity contribution is 9.10. The molecule has 2 rings (SSSR count). The second-order valence-electron chi connectivity index (χ2n) is 4.44. The number of amides is 1. The topological polar surface area (TPSA) is 41.4 Å². The maximum absolute atomic E-state index is 12.2. The predicted molar refractivity (Wildman–Crippen MR) is 68.7 cm³/mol. The number of carbonyl (C=O) groups excluding carboxylic acids is 1. The molecule has 0 spiro atoms. The van der Waals surface area contributed by atoms with E-state index in [9.17, 15) is 4.79 Å². The van der Waals surface area contributed by atoms with Crippen LogP contribution in [-0.4, -0.2) is 58.7 Å². The van der Waals surface area contributed by atoms with Crippen molar-refractivity contribution in [1.82, 2.24) is 19.6 Å². The van der Waals surface area contributed by atoms with Gasteiger partial charge in [0.15, 0.2) is 0 Å². The van der Waals surface area contributed by atoms with E-state index >= 15 is 0 Å². The van der Waals surface area contributed by atoms with Crippen LogP contribution < -0.4 is 0 Å². The first-order valence-electron chi connectivity index (χ1n) is 5.75. The number of carbonyl (C=O) groups is 1. The van der Waals surface area contributed by atoms with Gasteiger partial charge in [-0.05, 0) is 29.9 Å². The Kier molecular flexibility index (Phi) is 3.83. The van der Waals surface area contributed by atoms with E-state index in [0.29, 0.717) is 0 Å². The lowest BCUT2D eigenvalue weighted by atomic mass is 10.2. The van der Waals surface area contributed by atoms with Crippen LogP contribution in [0.3, 0.4) is 0 Å². The van der Waals surface area contributed by atoms with Crippen LogP contribution in [0.15, 0.2) is 16.9 Å². The van der Waals surface area contributed by atoms with Crippen molar-refractivity contribution in [2.75, 3.05) is 33.2 Å². The third-order valence-electron chi connectivity index (χ3n) is 3.14. The Morgan fingerprint density at radius 2 is 2.06 bits per heavy atom. The molecule has 1 aliphatic rings. The molecule has 6 heteroatoms. The van der Waals surface area contributed by atoms with Crippen molar-refractivity contribution in [2.24, 2.45) is 0 Å². The second kappa shape index (κ2) is 5.18. The van der Waals surface area contributed by atoms with E-state index in [4.69, 9.17) is 0 Å². The quantitative estimate of drug-likeness (QED) is 0.818. The zero-order chi connectivity index (χ0) is 12.4. The van der Waals surface area contributed by atoms with Gasteiger partial charge in [0, 0.05) is 32.4 Å². The number of likely N-dealkylation sites (N-methyl/N-ethyl adjacent to an activating group) is 1. The van der Waals surface area contributed by atoms with Gasteiger partial charge in [0.1, 0.15) is 6.04 Å². The smallest absolute Gasteiger partial charge is 0.247 e. The molecule has 0 N–H and O–H groups in total. The summed E-state index contributed by atoms with van der Waals surface area (Å²) in [6.07, 6.45) is 3.53. The van der Waals surface area contributed by atoms with E-state index in [-0.39, 0.29) is 11.9 Å². The van der Waals surface area contributed by atoms with Crippen molar-refractivity contribution in [3.8, 4) is 0 Å². The van der Waals surface area contributed by atoms with Gasteiger partial charge in [-0.1, -0.05) is 0 Å². The zero-order valence-corrected chi connectivity index (χ0v) is 11.7. The van der Waals surface area contributed by atoms with Crippen molar-refractivity contribution in [3.05, 3.63) is 16.9 Å². The van der Waals surface area contributed by atoms with Gasteiger partial charge in [-0.3, -0.25) is 9.48 Å². The van der Waals surface area contributed by atoms with E-state index in [0.717, 1.165) is 30.7 Å². The normalized spacial score (nSPS) is 19.4. The number of aromatic nitrogens is 2. The molecule has 0 radical (unpaired) electrons. The summed E-state index contributed by atoms with van der Waals surface area (Å²) in [5.74, 6) is 0.147. The Labute approximate surface area is 110 Å². The Bertz CT molecular complexity index is 398. The second-order valence-corrected chi connectivity index (χ2v) is 5.36. The first kappa shape index (κ1) is 12.6. The largest absolute Gasteiger partial charge is 0.338 e. The maximum atomic E-state index is 12.2. The van der Waals surface area contributed by atoms with E-state index in [1.165, 1.54) is 0 Å². The summed E-state index contributed by atoms with van der Waals surface area (Å²) in [6, 6.07) is -0.232.